The van der Waals surface area contributed by atoms with Gasteiger partial charge in [0.25, 0.3) is 0 Å². The normalized spacial score (nSPS) is 25.7. The zero-order valence-corrected chi connectivity index (χ0v) is 14.0. The fourth-order valence-electron chi connectivity index (χ4n) is 2.81. The predicted octanol–water partition coefficient (Wildman–Crippen LogP) is 2.54. The van der Waals surface area contributed by atoms with Gasteiger partial charge in [-0.2, -0.15) is 11.8 Å². The van der Waals surface area contributed by atoms with Crippen LogP contribution in [0.15, 0.2) is 24.3 Å². The van der Waals surface area contributed by atoms with Crippen molar-refractivity contribution in [2.24, 2.45) is 0 Å². The van der Waals surface area contributed by atoms with Crippen molar-refractivity contribution >= 4 is 29.4 Å². The Balaban J connectivity index is 1.47. The van der Waals surface area contributed by atoms with E-state index in [0.29, 0.717) is 18.8 Å². The number of halogens is 1. The van der Waals surface area contributed by atoms with Crippen LogP contribution in [0.3, 0.4) is 0 Å². The Morgan fingerprint density at radius 2 is 1.86 bits per heavy atom. The lowest BCUT2D eigenvalue weighted by molar-refractivity contribution is 0.0700. The molecule has 120 valence electrons. The van der Waals surface area contributed by atoms with Crippen LogP contribution in [0.2, 0.25) is 5.02 Å². The molecule has 1 aliphatic carbocycles. The van der Waals surface area contributed by atoms with Crippen LogP contribution in [0, 0.1) is 0 Å². The molecule has 0 bridgehead atoms. The Morgan fingerprint density at radius 1 is 1.18 bits per heavy atom. The minimum Gasteiger partial charge on any atom is -0.387 e. The number of rotatable bonds is 5. The minimum atomic E-state index is -0.741. The lowest BCUT2D eigenvalue weighted by Gasteiger charge is -2.22. The quantitative estimate of drug-likeness (QED) is 0.772. The maximum Gasteiger partial charge on any atom is 0.314 e. The summed E-state index contributed by atoms with van der Waals surface area (Å²) in [6, 6.07) is 7.65. The number of aliphatic hydroxyl groups is 1. The van der Waals surface area contributed by atoms with Crippen molar-refractivity contribution in [1.82, 2.24) is 10.6 Å². The van der Waals surface area contributed by atoms with Crippen LogP contribution < -0.4 is 10.6 Å². The fourth-order valence-corrected chi connectivity index (χ4v) is 4.24. The lowest BCUT2D eigenvalue weighted by atomic mass is 9.96. The molecule has 0 spiro atoms. The highest BCUT2D eigenvalue weighted by atomic mass is 35.5. The van der Waals surface area contributed by atoms with Gasteiger partial charge >= 0.3 is 6.03 Å². The lowest BCUT2D eigenvalue weighted by Crippen LogP contribution is -2.47. The van der Waals surface area contributed by atoms with Gasteiger partial charge in [0.2, 0.25) is 0 Å². The van der Waals surface area contributed by atoms with Gasteiger partial charge in [-0.15, -0.1) is 0 Å². The van der Waals surface area contributed by atoms with Gasteiger partial charge in [0.05, 0.1) is 5.60 Å². The number of nitrogens with one attached hydrogen (secondary N) is 2. The number of hydrogen-bond donors (Lipinski definition) is 3. The van der Waals surface area contributed by atoms with Gasteiger partial charge in [-0.05, 0) is 42.7 Å². The molecule has 1 saturated carbocycles. The molecule has 1 atom stereocenters. The van der Waals surface area contributed by atoms with Crippen molar-refractivity contribution in [3.05, 3.63) is 34.9 Å². The van der Waals surface area contributed by atoms with Crippen molar-refractivity contribution in [2.75, 3.05) is 24.6 Å². The van der Waals surface area contributed by atoms with E-state index in [1.165, 1.54) is 5.56 Å². The summed E-state index contributed by atoms with van der Waals surface area (Å²) >= 11 is 7.65. The second-order valence-electron chi connectivity index (χ2n) is 6.35. The Hall–Kier alpha value is -0.910. The predicted molar refractivity (Wildman–Crippen MR) is 90.7 cm³/mol. The maximum absolute atomic E-state index is 11.9. The van der Waals surface area contributed by atoms with E-state index in [1.807, 2.05) is 24.3 Å². The molecule has 2 fully saturated rings. The van der Waals surface area contributed by atoms with E-state index in [0.717, 1.165) is 30.0 Å². The molecule has 1 saturated heterocycles. The molecule has 1 aromatic carbocycles. The van der Waals surface area contributed by atoms with Gasteiger partial charge in [-0.1, -0.05) is 23.7 Å². The standard InChI is InChI=1S/C16H21ClN2O2S/c17-13-3-1-12(2-4-13)15(5-6-15)9-18-14(20)19-10-16(21)7-8-22-11-16/h1-4,21H,5-11H2,(H2,18,19,20)/t16-/m1/s1. The zero-order valence-electron chi connectivity index (χ0n) is 12.4. The smallest absolute Gasteiger partial charge is 0.314 e. The number of carbonyl (C=O) groups is 1. The third kappa shape index (κ3) is 3.70. The summed E-state index contributed by atoms with van der Waals surface area (Å²) < 4.78 is 0. The van der Waals surface area contributed by atoms with E-state index in [4.69, 9.17) is 11.6 Å². The van der Waals surface area contributed by atoms with Gasteiger partial charge in [-0.3, -0.25) is 0 Å². The summed E-state index contributed by atoms with van der Waals surface area (Å²) in [6.45, 7) is 0.938. The number of carbonyl (C=O) groups excluding carboxylic acids is 1. The summed E-state index contributed by atoms with van der Waals surface area (Å²) in [5.74, 6) is 1.65. The minimum absolute atomic E-state index is 0.0576. The first-order chi connectivity index (χ1) is 10.5. The first kappa shape index (κ1) is 16.0. The number of benzene rings is 1. The zero-order chi connectivity index (χ0) is 15.6. The van der Waals surface area contributed by atoms with E-state index in [1.54, 1.807) is 11.8 Å². The topological polar surface area (TPSA) is 61.4 Å². The Bertz CT molecular complexity index is 540. The molecule has 4 nitrogen and oxygen atoms in total. The average Bonchev–Trinajstić information content (AvgIpc) is 3.18. The SMILES string of the molecule is O=C(NCC1(c2ccc(Cl)cc2)CC1)NC[C@]1(O)CCSC1. The Labute approximate surface area is 140 Å². The molecule has 22 heavy (non-hydrogen) atoms. The highest BCUT2D eigenvalue weighted by Crippen LogP contribution is 2.47. The first-order valence-electron chi connectivity index (χ1n) is 7.59. The second kappa shape index (κ2) is 6.30. The number of thioether (sulfide) groups is 1. The molecule has 6 heteroatoms. The average molecular weight is 341 g/mol. The third-order valence-electron chi connectivity index (χ3n) is 4.56. The van der Waals surface area contributed by atoms with E-state index < -0.39 is 5.60 Å². The van der Waals surface area contributed by atoms with Gasteiger partial charge in [0.15, 0.2) is 0 Å². The molecule has 0 aromatic heterocycles. The van der Waals surface area contributed by atoms with Gasteiger partial charge in [0, 0.05) is 29.3 Å². The summed E-state index contributed by atoms with van der Waals surface area (Å²) in [5.41, 5.74) is 0.542. The molecule has 0 radical (unpaired) electrons. The number of urea groups is 1. The number of hydrogen-bond acceptors (Lipinski definition) is 3. The van der Waals surface area contributed by atoms with Crippen molar-refractivity contribution in [3.63, 3.8) is 0 Å². The summed E-state index contributed by atoms with van der Waals surface area (Å²) in [4.78, 5) is 11.9. The van der Waals surface area contributed by atoms with Crippen LogP contribution in [0.5, 0.6) is 0 Å². The van der Waals surface area contributed by atoms with Crippen LogP contribution in [0.25, 0.3) is 0 Å². The molecule has 3 N–H and O–H groups in total. The fraction of sp³-hybridized carbons (Fsp3) is 0.562. The summed E-state index contributed by atoms with van der Waals surface area (Å²) in [5, 5.41) is 16.7. The second-order valence-corrected chi connectivity index (χ2v) is 7.89. The third-order valence-corrected chi connectivity index (χ3v) is 6.04. The van der Waals surface area contributed by atoms with E-state index in [9.17, 15) is 9.90 Å². The van der Waals surface area contributed by atoms with Crippen LogP contribution in [-0.4, -0.2) is 41.3 Å². The summed E-state index contributed by atoms with van der Waals surface area (Å²) in [7, 11) is 0. The van der Waals surface area contributed by atoms with Gasteiger partial charge in [-0.25, -0.2) is 4.79 Å². The molecule has 1 aliphatic heterocycles. The van der Waals surface area contributed by atoms with E-state index >= 15 is 0 Å². The largest absolute Gasteiger partial charge is 0.387 e. The van der Waals surface area contributed by atoms with Gasteiger partial charge < -0.3 is 15.7 Å². The Kier molecular flexibility index (Phi) is 4.57. The van der Waals surface area contributed by atoms with Crippen molar-refractivity contribution in [3.8, 4) is 0 Å². The molecule has 1 heterocycles. The molecule has 2 amide bonds. The highest BCUT2D eigenvalue weighted by molar-refractivity contribution is 7.99. The maximum atomic E-state index is 11.9. The number of amides is 2. The Morgan fingerprint density at radius 3 is 2.45 bits per heavy atom. The van der Waals surface area contributed by atoms with Crippen molar-refractivity contribution in [2.45, 2.75) is 30.3 Å². The monoisotopic (exact) mass is 340 g/mol. The van der Waals surface area contributed by atoms with Crippen molar-refractivity contribution in [1.29, 1.82) is 0 Å². The molecule has 1 aromatic rings. The molecule has 0 unspecified atom stereocenters. The molecule has 3 rings (SSSR count). The van der Waals surface area contributed by atoms with E-state index in [2.05, 4.69) is 10.6 Å². The molecular formula is C16H21ClN2O2S. The highest BCUT2D eigenvalue weighted by Gasteiger charge is 2.44. The first-order valence-corrected chi connectivity index (χ1v) is 9.13. The van der Waals surface area contributed by atoms with Gasteiger partial charge in [0.1, 0.15) is 0 Å². The van der Waals surface area contributed by atoms with Crippen LogP contribution in [0.4, 0.5) is 4.79 Å². The molecular weight excluding hydrogens is 320 g/mol. The van der Waals surface area contributed by atoms with Crippen LogP contribution >= 0.6 is 23.4 Å². The van der Waals surface area contributed by atoms with Crippen LogP contribution in [-0.2, 0) is 5.41 Å². The van der Waals surface area contributed by atoms with E-state index in [-0.39, 0.29) is 11.4 Å². The molecule has 2 aliphatic rings. The van der Waals surface area contributed by atoms with Crippen molar-refractivity contribution < 1.29 is 9.90 Å². The summed E-state index contributed by atoms with van der Waals surface area (Å²) in [6.07, 6.45) is 2.90. The van der Waals surface area contributed by atoms with Crippen LogP contribution in [0.1, 0.15) is 24.8 Å².